The number of aryl methyl sites for hydroxylation is 1. The minimum Gasteiger partial charge on any atom is -0.324 e. The topological polar surface area (TPSA) is 59.8 Å². The molecule has 1 N–H and O–H groups in total. The zero-order valence-electron chi connectivity index (χ0n) is 15.2. The number of nitrogens with zero attached hydrogens (tertiary/aromatic N) is 3. The van der Waals surface area contributed by atoms with Crippen LogP contribution in [-0.2, 0) is 24.7 Å². The predicted molar refractivity (Wildman–Crippen MR) is 119 cm³/mol. The lowest BCUT2D eigenvalue weighted by Gasteiger charge is -2.12. The number of benzene rings is 1. The Bertz CT molecular complexity index is 1030. The summed E-state index contributed by atoms with van der Waals surface area (Å²) in [4.78, 5) is 13.8. The average Bonchev–Trinajstić information content (AvgIpc) is 3.25. The van der Waals surface area contributed by atoms with E-state index >= 15 is 0 Å². The molecule has 3 aromatic rings. The standard InChI is InChI=1S/C19H18BrClN4OS2/c1-25-18(13-9-27-16-5-3-2-4-12(13)16)23-24-19(25)28-10-17(26)22-15-7-6-11(20)8-14(15)21/h6-9H,2-5,10H2,1H3,(H,22,26). The fourth-order valence-electron chi connectivity index (χ4n) is 3.26. The summed E-state index contributed by atoms with van der Waals surface area (Å²) >= 11 is 12.7. The molecular weight excluding hydrogens is 480 g/mol. The lowest BCUT2D eigenvalue weighted by Crippen LogP contribution is -2.14. The van der Waals surface area contributed by atoms with Gasteiger partial charge in [0.25, 0.3) is 0 Å². The molecule has 1 aliphatic rings. The van der Waals surface area contributed by atoms with Gasteiger partial charge in [-0.1, -0.05) is 39.3 Å². The fourth-order valence-corrected chi connectivity index (χ4v) is 5.82. The molecule has 1 aromatic carbocycles. The van der Waals surface area contributed by atoms with Gasteiger partial charge in [-0.05, 0) is 49.4 Å². The van der Waals surface area contributed by atoms with Crippen LogP contribution in [0.5, 0.6) is 0 Å². The van der Waals surface area contributed by atoms with E-state index in [1.807, 2.05) is 29.0 Å². The highest BCUT2D eigenvalue weighted by molar-refractivity contribution is 9.10. The average molecular weight is 498 g/mol. The summed E-state index contributed by atoms with van der Waals surface area (Å²) in [7, 11) is 1.95. The van der Waals surface area contributed by atoms with E-state index in [9.17, 15) is 4.79 Å². The van der Waals surface area contributed by atoms with Gasteiger partial charge in [0, 0.05) is 27.3 Å². The van der Waals surface area contributed by atoms with E-state index in [-0.39, 0.29) is 11.7 Å². The Morgan fingerprint density at radius 1 is 1.36 bits per heavy atom. The van der Waals surface area contributed by atoms with Crippen molar-refractivity contribution in [3.8, 4) is 11.4 Å². The smallest absolute Gasteiger partial charge is 0.234 e. The van der Waals surface area contributed by atoms with Crippen molar-refractivity contribution in [3.63, 3.8) is 0 Å². The monoisotopic (exact) mass is 496 g/mol. The molecule has 28 heavy (non-hydrogen) atoms. The molecular formula is C19H18BrClN4OS2. The molecule has 0 radical (unpaired) electrons. The van der Waals surface area contributed by atoms with Crippen molar-refractivity contribution in [2.75, 3.05) is 11.1 Å². The van der Waals surface area contributed by atoms with Crippen molar-refractivity contribution >= 4 is 62.2 Å². The Morgan fingerprint density at radius 2 is 2.18 bits per heavy atom. The molecule has 2 aromatic heterocycles. The summed E-state index contributed by atoms with van der Waals surface area (Å²) in [6.07, 6.45) is 4.78. The predicted octanol–water partition coefficient (Wildman–Crippen LogP) is 5.57. The zero-order chi connectivity index (χ0) is 19.7. The third-order valence-electron chi connectivity index (χ3n) is 4.67. The molecule has 1 aliphatic carbocycles. The number of hydrogen-bond acceptors (Lipinski definition) is 5. The van der Waals surface area contributed by atoms with Crippen LogP contribution < -0.4 is 5.32 Å². The summed E-state index contributed by atoms with van der Waals surface area (Å²) < 4.78 is 2.84. The summed E-state index contributed by atoms with van der Waals surface area (Å²) in [5.74, 6) is 0.977. The Morgan fingerprint density at radius 3 is 3.00 bits per heavy atom. The Hall–Kier alpha value is -1.35. The quantitative estimate of drug-likeness (QED) is 0.468. The van der Waals surface area contributed by atoms with Crippen molar-refractivity contribution in [1.82, 2.24) is 14.8 Å². The SMILES string of the molecule is Cn1c(SCC(=O)Nc2ccc(Br)cc2Cl)nnc1-c1csc2c1CCCC2. The van der Waals surface area contributed by atoms with Crippen LogP contribution in [-0.4, -0.2) is 26.4 Å². The van der Waals surface area contributed by atoms with E-state index in [0.717, 1.165) is 28.3 Å². The molecule has 0 fully saturated rings. The number of aromatic nitrogens is 3. The van der Waals surface area contributed by atoms with Gasteiger partial charge in [-0.25, -0.2) is 0 Å². The second-order valence-corrected chi connectivity index (χ2v) is 9.81. The molecule has 4 rings (SSSR count). The zero-order valence-corrected chi connectivity index (χ0v) is 19.1. The van der Waals surface area contributed by atoms with E-state index < -0.39 is 0 Å². The van der Waals surface area contributed by atoms with Crippen LogP contribution in [0.2, 0.25) is 5.02 Å². The van der Waals surface area contributed by atoms with Gasteiger partial charge in [-0.15, -0.1) is 21.5 Å². The third-order valence-corrected chi connectivity index (χ3v) is 7.59. The number of fused-ring (bicyclic) bond motifs is 1. The summed E-state index contributed by atoms with van der Waals surface area (Å²) in [6.45, 7) is 0. The van der Waals surface area contributed by atoms with Gasteiger partial charge in [0.1, 0.15) is 0 Å². The van der Waals surface area contributed by atoms with Crippen molar-refractivity contribution in [1.29, 1.82) is 0 Å². The first-order chi connectivity index (χ1) is 13.5. The first-order valence-electron chi connectivity index (χ1n) is 8.89. The number of hydrogen-bond donors (Lipinski definition) is 1. The largest absolute Gasteiger partial charge is 0.324 e. The first kappa shape index (κ1) is 19.9. The Kier molecular flexibility index (Phi) is 6.10. The van der Waals surface area contributed by atoms with E-state index in [1.165, 1.54) is 40.6 Å². The molecule has 1 amide bonds. The van der Waals surface area contributed by atoms with Gasteiger partial charge in [-0.3, -0.25) is 4.79 Å². The van der Waals surface area contributed by atoms with Gasteiger partial charge in [0.05, 0.1) is 16.5 Å². The van der Waals surface area contributed by atoms with Gasteiger partial charge in [0.2, 0.25) is 5.91 Å². The van der Waals surface area contributed by atoms with Crippen LogP contribution in [0.4, 0.5) is 5.69 Å². The fraction of sp³-hybridized carbons (Fsp3) is 0.316. The van der Waals surface area contributed by atoms with Crippen LogP contribution in [0.15, 0.2) is 33.2 Å². The normalized spacial score (nSPS) is 13.4. The molecule has 0 aliphatic heterocycles. The summed E-state index contributed by atoms with van der Waals surface area (Å²) in [5, 5.41) is 14.9. The number of thiophene rings is 1. The number of carbonyl (C=O) groups is 1. The van der Waals surface area contributed by atoms with Crippen molar-refractivity contribution in [2.45, 2.75) is 30.8 Å². The van der Waals surface area contributed by atoms with E-state index in [0.29, 0.717) is 10.7 Å². The molecule has 0 saturated carbocycles. The molecule has 0 bridgehead atoms. The highest BCUT2D eigenvalue weighted by Crippen LogP contribution is 2.36. The van der Waals surface area contributed by atoms with Gasteiger partial charge < -0.3 is 9.88 Å². The molecule has 0 atom stereocenters. The second-order valence-electron chi connectivity index (χ2n) is 6.58. The number of anilines is 1. The van der Waals surface area contributed by atoms with Crippen LogP contribution in [0, 0.1) is 0 Å². The lowest BCUT2D eigenvalue weighted by molar-refractivity contribution is -0.113. The van der Waals surface area contributed by atoms with Gasteiger partial charge >= 0.3 is 0 Å². The number of thioether (sulfide) groups is 1. The number of amides is 1. The van der Waals surface area contributed by atoms with Crippen LogP contribution in [0.3, 0.4) is 0 Å². The van der Waals surface area contributed by atoms with Crippen LogP contribution >= 0.6 is 50.6 Å². The van der Waals surface area contributed by atoms with Crippen molar-refractivity contribution < 1.29 is 4.79 Å². The van der Waals surface area contributed by atoms with Crippen LogP contribution in [0.1, 0.15) is 23.3 Å². The molecule has 2 heterocycles. The first-order valence-corrected chi connectivity index (χ1v) is 11.9. The molecule has 0 spiro atoms. The maximum Gasteiger partial charge on any atom is 0.234 e. The van der Waals surface area contributed by atoms with Crippen molar-refractivity contribution in [3.05, 3.63) is 43.5 Å². The molecule has 0 saturated heterocycles. The minimum atomic E-state index is -0.133. The van der Waals surface area contributed by atoms with Gasteiger partial charge in [0.15, 0.2) is 11.0 Å². The number of rotatable bonds is 5. The number of carbonyl (C=O) groups excluding carboxylic acids is 1. The maximum atomic E-state index is 12.3. The van der Waals surface area contributed by atoms with E-state index in [2.05, 4.69) is 36.8 Å². The summed E-state index contributed by atoms with van der Waals surface area (Å²) in [5.41, 5.74) is 3.21. The molecule has 146 valence electrons. The van der Waals surface area contributed by atoms with Crippen molar-refractivity contribution in [2.24, 2.45) is 7.05 Å². The highest BCUT2D eigenvalue weighted by Gasteiger charge is 2.21. The molecule has 0 unspecified atom stereocenters. The second kappa shape index (κ2) is 8.57. The number of halogens is 2. The Labute approximate surface area is 185 Å². The number of nitrogens with one attached hydrogen (secondary N) is 1. The summed E-state index contributed by atoms with van der Waals surface area (Å²) in [6, 6.07) is 5.36. The maximum absolute atomic E-state index is 12.3. The Balaban J connectivity index is 1.43. The van der Waals surface area contributed by atoms with Gasteiger partial charge in [-0.2, -0.15) is 0 Å². The van der Waals surface area contributed by atoms with E-state index in [1.54, 1.807) is 12.1 Å². The van der Waals surface area contributed by atoms with Crippen LogP contribution in [0.25, 0.3) is 11.4 Å². The lowest BCUT2D eigenvalue weighted by atomic mass is 9.96. The minimum absolute atomic E-state index is 0.133. The molecule has 9 heteroatoms. The van der Waals surface area contributed by atoms with E-state index in [4.69, 9.17) is 11.6 Å². The third kappa shape index (κ3) is 4.15. The highest BCUT2D eigenvalue weighted by atomic mass is 79.9. The molecule has 5 nitrogen and oxygen atoms in total.